The van der Waals surface area contributed by atoms with Gasteiger partial charge in [-0.1, -0.05) is 181 Å². The van der Waals surface area contributed by atoms with Gasteiger partial charge < -0.3 is 4.74 Å². The summed E-state index contributed by atoms with van der Waals surface area (Å²) in [6.07, 6.45) is 36.4. The molecule has 0 aromatic carbocycles. The molecule has 0 aliphatic carbocycles. The highest BCUT2D eigenvalue weighted by molar-refractivity contribution is 5.76. The first-order valence-corrected chi connectivity index (χ1v) is 17.3. The maximum Gasteiger partial charge on any atom is 0.311 e. The molecule has 0 spiro atoms. The second-order valence-corrected chi connectivity index (χ2v) is 12.3. The summed E-state index contributed by atoms with van der Waals surface area (Å²) in [5, 5.41) is 0. The Balaban J connectivity index is 4.11. The van der Waals surface area contributed by atoms with Crippen molar-refractivity contribution in [2.24, 2.45) is 5.41 Å². The molecule has 0 heterocycles. The highest BCUT2D eigenvalue weighted by Crippen LogP contribution is 2.33. The third kappa shape index (κ3) is 24.3. The van der Waals surface area contributed by atoms with Crippen LogP contribution in [0.15, 0.2) is 0 Å². The highest BCUT2D eigenvalue weighted by Gasteiger charge is 2.33. The lowest BCUT2D eigenvalue weighted by Crippen LogP contribution is -2.30. The monoisotopic (exact) mass is 523 g/mol. The first-order valence-electron chi connectivity index (χ1n) is 17.3. The summed E-state index contributed by atoms with van der Waals surface area (Å²) in [4.78, 5) is 13.2. The Kier molecular flexibility index (Phi) is 28.1. The van der Waals surface area contributed by atoms with Gasteiger partial charge in [0, 0.05) is 0 Å². The smallest absolute Gasteiger partial charge is 0.311 e. The van der Waals surface area contributed by atoms with Crippen molar-refractivity contribution < 1.29 is 9.53 Å². The number of carbonyl (C=O) groups excluding carboxylic acids is 1. The predicted octanol–water partition coefficient (Wildman–Crippen LogP) is 12.5. The first kappa shape index (κ1) is 36.5. The topological polar surface area (TPSA) is 26.3 Å². The molecule has 0 aliphatic heterocycles. The van der Waals surface area contributed by atoms with Gasteiger partial charge in [-0.3, -0.25) is 4.79 Å². The zero-order chi connectivity index (χ0) is 27.3. The van der Waals surface area contributed by atoms with Crippen LogP contribution in [0.4, 0.5) is 0 Å². The van der Waals surface area contributed by atoms with Crippen LogP contribution in [-0.4, -0.2) is 12.6 Å². The molecule has 0 rings (SSSR count). The predicted molar refractivity (Wildman–Crippen MR) is 165 cm³/mol. The second-order valence-electron chi connectivity index (χ2n) is 12.3. The van der Waals surface area contributed by atoms with E-state index in [0.29, 0.717) is 6.61 Å². The Labute approximate surface area is 234 Å². The fraction of sp³-hybridized carbons (Fsp3) is 0.971. The molecule has 0 atom stereocenters. The Morgan fingerprint density at radius 2 is 0.703 bits per heavy atom. The van der Waals surface area contributed by atoms with Crippen LogP contribution < -0.4 is 0 Å². The van der Waals surface area contributed by atoms with E-state index < -0.39 is 0 Å². The summed E-state index contributed by atoms with van der Waals surface area (Å²) in [6, 6.07) is 0. The van der Waals surface area contributed by atoms with Crippen LogP contribution in [0.2, 0.25) is 0 Å². The van der Waals surface area contributed by atoms with Crippen molar-refractivity contribution >= 4 is 5.97 Å². The van der Waals surface area contributed by atoms with E-state index in [-0.39, 0.29) is 11.4 Å². The van der Waals surface area contributed by atoms with Gasteiger partial charge in [-0.05, 0) is 26.2 Å². The molecule has 0 aliphatic rings. The Morgan fingerprint density at radius 1 is 0.432 bits per heavy atom. The number of hydrogen-bond acceptors (Lipinski definition) is 2. The van der Waals surface area contributed by atoms with Gasteiger partial charge in [0.05, 0.1) is 12.0 Å². The van der Waals surface area contributed by atoms with Crippen LogP contribution in [0.5, 0.6) is 0 Å². The summed E-state index contributed by atoms with van der Waals surface area (Å²) in [7, 11) is 0. The van der Waals surface area contributed by atoms with Gasteiger partial charge in [0.25, 0.3) is 0 Å². The Hall–Kier alpha value is -0.530. The zero-order valence-electron chi connectivity index (χ0n) is 26.3. The molecular formula is C35H70O2. The SMILES string of the molecule is CCCCCCCCCCCCCCOC(=O)C(C)(CCCCCCCCC)CCCCCCCCC. The Bertz CT molecular complexity index is 440. The number of carbonyl (C=O) groups is 1. The lowest BCUT2D eigenvalue weighted by atomic mass is 9.79. The minimum absolute atomic E-state index is 0.0903. The molecule has 222 valence electrons. The van der Waals surface area contributed by atoms with Crippen LogP contribution in [-0.2, 0) is 9.53 Å². The molecule has 0 amide bonds. The van der Waals surface area contributed by atoms with Crippen molar-refractivity contribution in [1.29, 1.82) is 0 Å². The van der Waals surface area contributed by atoms with Crippen LogP contribution in [0.1, 0.15) is 207 Å². The van der Waals surface area contributed by atoms with E-state index in [9.17, 15) is 4.79 Å². The van der Waals surface area contributed by atoms with Crippen molar-refractivity contribution in [3.63, 3.8) is 0 Å². The van der Waals surface area contributed by atoms with E-state index in [1.807, 2.05) is 0 Å². The Morgan fingerprint density at radius 3 is 1.03 bits per heavy atom. The fourth-order valence-electron chi connectivity index (χ4n) is 5.56. The summed E-state index contributed by atoms with van der Waals surface area (Å²) < 4.78 is 5.88. The van der Waals surface area contributed by atoms with Gasteiger partial charge in [-0.25, -0.2) is 0 Å². The lowest BCUT2D eigenvalue weighted by molar-refractivity contribution is -0.156. The maximum atomic E-state index is 13.2. The van der Waals surface area contributed by atoms with E-state index in [1.54, 1.807) is 0 Å². The van der Waals surface area contributed by atoms with Crippen molar-refractivity contribution in [2.45, 2.75) is 207 Å². The van der Waals surface area contributed by atoms with Gasteiger partial charge in [-0.2, -0.15) is 0 Å². The van der Waals surface area contributed by atoms with Gasteiger partial charge in [0.2, 0.25) is 0 Å². The van der Waals surface area contributed by atoms with Crippen molar-refractivity contribution in [3.05, 3.63) is 0 Å². The van der Waals surface area contributed by atoms with Crippen LogP contribution in [0, 0.1) is 5.41 Å². The van der Waals surface area contributed by atoms with Gasteiger partial charge in [0.15, 0.2) is 0 Å². The third-order valence-corrected chi connectivity index (χ3v) is 8.39. The van der Waals surface area contributed by atoms with Crippen molar-refractivity contribution in [2.75, 3.05) is 6.61 Å². The summed E-state index contributed by atoms with van der Waals surface area (Å²) in [5.74, 6) is 0.0903. The largest absolute Gasteiger partial charge is 0.465 e. The van der Waals surface area contributed by atoms with E-state index >= 15 is 0 Å². The third-order valence-electron chi connectivity index (χ3n) is 8.39. The first-order chi connectivity index (χ1) is 18.1. The zero-order valence-corrected chi connectivity index (χ0v) is 26.3. The minimum Gasteiger partial charge on any atom is -0.465 e. The molecule has 0 aromatic rings. The molecule has 37 heavy (non-hydrogen) atoms. The highest BCUT2D eigenvalue weighted by atomic mass is 16.5. The van der Waals surface area contributed by atoms with E-state index in [0.717, 1.165) is 19.3 Å². The fourth-order valence-corrected chi connectivity index (χ4v) is 5.56. The number of unbranched alkanes of at least 4 members (excludes halogenated alkanes) is 23. The lowest BCUT2D eigenvalue weighted by Gasteiger charge is -2.27. The van der Waals surface area contributed by atoms with E-state index in [1.165, 1.54) is 161 Å². The molecule has 0 saturated heterocycles. The van der Waals surface area contributed by atoms with Crippen molar-refractivity contribution in [1.82, 2.24) is 0 Å². The standard InChI is InChI=1S/C35H70O2/c1-5-8-11-14-17-18-19-20-21-24-27-30-33-37-34(36)35(4,31-28-25-22-15-12-9-6-2)32-29-26-23-16-13-10-7-3/h5-33H2,1-4H3. The van der Waals surface area contributed by atoms with Gasteiger partial charge >= 0.3 is 5.97 Å². The molecule has 0 fully saturated rings. The molecular weight excluding hydrogens is 452 g/mol. The molecule has 0 unspecified atom stereocenters. The summed E-state index contributed by atoms with van der Waals surface area (Å²) >= 11 is 0. The van der Waals surface area contributed by atoms with Crippen LogP contribution in [0.25, 0.3) is 0 Å². The summed E-state index contributed by atoms with van der Waals surface area (Å²) in [6.45, 7) is 9.66. The van der Waals surface area contributed by atoms with Crippen LogP contribution in [0.3, 0.4) is 0 Å². The summed E-state index contributed by atoms with van der Waals surface area (Å²) in [5.41, 5.74) is -0.274. The van der Waals surface area contributed by atoms with Gasteiger partial charge in [0.1, 0.15) is 0 Å². The molecule has 0 radical (unpaired) electrons. The average molecular weight is 523 g/mol. The average Bonchev–Trinajstić information content (AvgIpc) is 2.90. The van der Waals surface area contributed by atoms with E-state index in [2.05, 4.69) is 27.7 Å². The van der Waals surface area contributed by atoms with Crippen molar-refractivity contribution in [3.8, 4) is 0 Å². The van der Waals surface area contributed by atoms with E-state index in [4.69, 9.17) is 4.74 Å². The molecule has 0 saturated carbocycles. The minimum atomic E-state index is -0.274. The molecule has 0 N–H and O–H groups in total. The number of hydrogen-bond donors (Lipinski definition) is 0. The molecule has 0 bridgehead atoms. The molecule has 2 nitrogen and oxygen atoms in total. The maximum absolute atomic E-state index is 13.2. The number of rotatable bonds is 30. The quantitative estimate of drug-likeness (QED) is 0.0692. The number of ether oxygens (including phenoxy) is 1. The van der Waals surface area contributed by atoms with Crippen LogP contribution >= 0.6 is 0 Å². The number of esters is 1. The van der Waals surface area contributed by atoms with Gasteiger partial charge in [-0.15, -0.1) is 0 Å². The second kappa shape index (κ2) is 28.5. The normalized spacial score (nSPS) is 11.8. The molecule has 2 heteroatoms. The molecule has 0 aromatic heterocycles.